The van der Waals surface area contributed by atoms with Crippen LogP contribution in [0.15, 0.2) is 18.2 Å². The van der Waals surface area contributed by atoms with Crippen LogP contribution in [0.25, 0.3) is 0 Å². The maximum atomic E-state index is 5.92. The predicted molar refractivity (Wildman–Crippen MR) is 70.8 cm³/mol. The molecule has 0 aliphatic carbocycles. The van der Waals surface area contributed by atoms with Crippen LogP contribution in [0.1, 0.15) is 32.8 Å². The van der Waals surface area contributed by atoms with Crippen LogP contribution in [0.5, 0.6) is 11.5 Å². The second-order valence-corrected chi connectivity index (χ2v) is 5.10. The van der Waals surface area contributed by atoms with Crippen molar-refractivity contribution in [1.29, 1.82) is 0 Å². The van der Waals surface area contributed by atoms with E-state index in [-0.39, 0.29) is 11.5 Å². The van der Waals surface area contributed by atoms with E-state index >= 15 is 0 Å². The van der Waals surface area contributed by atoms with E-state index in [0.717, 1.165) is 23.5 Å². The molecule has 17 heavy (non-hydrogen) atoms. The second kappa shape index (κ2) is 5.41. The lowest BCUT2D eigenvalue weighted by Gasteiger charge is -2.30. The van der Waals surface area contributed by atoms with Gasteiger partial charge in [-0.25, -0.2) is 0 Å². The molecule has 0 saturated heterocycles. The van der Waals surface area contributed by atoms with Crippen LogP contribution >= 0.6 is 0 Å². The third-order valence-electron chi connectivity index (χ3n) is 2.94. The normalized spacial score (nSPS) is 13.3. The van der Waals surface area contributed by atoms with E-state index in [1.807, 2.05) is 25.1 Å². The van der Waals surface area contributed by atoms with Crippen molar-refractivity contribution in [3.05, 3.63) is 23.8 Å². The molecule has 0 aliphatic rings. The number of methoxy groups -OCH3 is 2. The van der Waals surface area contributed by atoms with Crippen molar-refractivity contribution >= 4 is 0 Å². The molecule has 0 spiro atoms. The summed E-state index contributed by atoms with van der Waals surface area (Å²) >= 11 is 0. The van der Waals surface area contributed by atoms with Gasteiger partial charge < -0.3 is 15.2 Å². The number of hydrogen-bond donors (Lipinski definition) is 1. The topological polar surface area (TPSA) is 44.5 Å². The van der Waals surface area contributed by atoms with Crippen LogP contribution < -0.4 is 15.2 Å². The van der Waals surface area contributed by atoms with Crippen molar-refractivity contribution in [3.63, 3.8) is 0 Å². The van der Waals surface area contributed by atoms with Gasteiger partial charge in [-0.3, -0.25) is 0 Å². The zero-order valence-corrected chi connectivity index (χ0v) is 11.4. The first-order chi connectivity index (χ1) is 7.92. The van der Waals surface area contributed by atoms with Gasteiger partial charge in [0.15, 0.2) is 0 Å². The van der Waals surface area contributed by atoms with E-state index in [1.165, 1.54) is 0 Å². The molecule has 2 N–H and O–H groups in total. The van der Waals surface area contributed by atoms with Gasteiger partial charge in [-0.1, -0.05) is 19.9 Å². The molecule has 0 aromatic heterocycles. The molecular formula is C14H23NO2. The van der Waals surface area contributed by atoms with Crippen molar-refractivity contribution < 1.29 is 9.47 Å². The molecule has 1 aromatic rings. The summed E-state index contributed by atoms with van der Waals surface area (Å²) in [5.41, 5.74) is 6.93. The summed E-state index contributed by atoms with van der Waals surface area (Å²) in [6.07, 6.45) is 0.879. The molecule has 3 heteroatoms. The van der Waals surface area contributed by atoms with Gasteiger partial charge in [-0.05, 0) is 30.9 Å². The summed E-state index contributed by atoms with van der Waals surface area (Å²) in [4.78, 5) is 0. The summed E-state index contributed by atoms with van der Waals surface area (Å²) in [6, 6.07) is 5.99. The Labute approximate surface area is 104 Å². The van der Waals surface area contributed by atoms with Gasteiger partial charge >= 0.3 is 0 Å². The summed E-state index contributed by atoms with van der Waals surface area (Å²) in [7, 11) is 3.36. The standard InChI is InChI=1S/C14H23NO2/c1-10(15)9-14(2,3)13-11(16-4)7-6-8-12(13)17-5/h6-8,10H,9,15H2,1-5H3. The van der Waals surface area contributed by atoms with Gasteiger partial charge in [0.1, 0.15) is 11.5 Å². The van der Waals surface area contributed by atoms with Crippen molar-refractivity contribution in [2.24, 2.45) is 5.73 Å². The van der Waals surface area contributed by atoms with Crippen LogP contribution in [0.3, 0.4) is 0 Å². The fourth-order valence-corrected chi connectivity index (χ4v) is 2.43. The van der Waals surface area contributed by atoms with E-state index in [1.54, 1.807) is 14.2 Å². The minimum Gasteiger partial charge on any atom is -0.496 e. The molecule has 1 unspecified atom stereocenters. The molecule has 0 saturated carbocycles. The minimum atomic E-state index is -0.0773. The van der Waals surface area contributed by atoms with Crippen LogP contribution in [0, 0.1) is 0 Å². The van der Waals surface area contributed by atoms with Gasteiger partial charge in [0.05, 0.1) is 14.2 Å². The van der Waals surface area contributed by atoms with E-state index in [2.05, 4.69) is 13.8 Å². The first-order valence-corrected chi connectivity index (χ1v) is 5.89. The molecule has 1 rings (SSSR count). The lowest BCUT2D eigenvalue weighted by atomic mass is 9.78. The lowest BCUT2D eigenvalue weighted by Crippen LogP contribution is -2.29. The van der Waals surface area contributed by atoms with E-state index in [0.29, 0.717) is 0 Å². The molecule has 0 bridgehead atoms. The molecular weight excluding hydrogens is 214 g/mol. The molecule has 1 aromatic carbocycles. The Morgan fingerprint density at radius 1 is 1.18 bits per heavy atom. The monoisotopic (exact) mass is 237 g/mol. The van der Waals surface area contributed by atoms with E-state index in [4.69, 9.17) is 15.2 Å². The van der Waals surface area contributed by atoms with Gasteiger partial charge in [0.2, 0.25) is 0 Å². The van der Waals surface area contributed by atoms with Crippen LogP contribution in [0.2, 0.25) is 0 Å². The second-order valence-electron chi connectivity index (χ2n) is 5.10. The maximum Gasteiger partial charge on any atom is 0.126 e. The molecule has 0 heterocycles. The Hall–Kier alpha value is -1.22. The smallest absolute Gasteiger partial charge is 0.126 e. The number of rotatable bonds is 5. The maximum absolute atomic E-state index is 5.92. The average molecular weight is 237 g/mol. The Bertz CT molecular complexity index is 350. The zero-order chi connectivity index (χ0) is 13.1. The fourth-order valence-electron chi connectivity index (χ4n) is 2.43. The molecule has 0 radical (unpaired) electrons. The SMILES string of the molecule is COc1cccc(OC)c1C(C)(C)CC(C)N. The van der Waals surface area contributed by atoms with Gasteiger partial charge in [-0.2, -0.15) is 0 Å². The van der Waals surface area contributed by atoms with Crippen LogP contribution in [0.4, 0.5) is 0 Å². The van der Waals surface area contributed by atoms with E-state index in [9.17, 15) is 0 Å². The van der Waals surface area contributed by atoms with E-state index < -0.39 is 0 Å². The van der Waals surface area contributed by atoms with Crippen molar-refractivity contribution in [2.45, 2.75) is 38.6 Å². The van der Waals surface area contributed by atoms with Gasteiger partial charge in [-0.15, -0.1) is 0 Å². The Balaban J connectivity index is 3.26. The highest BCUT2D eigenvalue weighted by Gasteiger charge is 2.29. The Kier molecular flexibility index (Phi) is 4.40. The number of ether oxygens (including phenoxy) is 2. The first-order valence-electron chi connectivity index (χ1n) is 5.89. The fraction of sp³-hybridized carbons (Fsp3) is 0.571. The predicted octanol–water partition coefficient (Wildman–Crippen LogP) is 2.72. The summed E-state index contributed by atoms with van der Waals surface area (Å²) in [6.45, 7) is 6.34. The van der Waals surface area contributed by atoms with Crippen molar-refractivity contribution in [3.8, 4) is 11.5 Å². The Morgan fingerprint density at radius 2 is 1.65 bits per heavy atom. The quantitative estimate of drug-likeness (QED) is 0.856. The lowest BCUT2D eigenvalue weighted by molar-refractivity contribution is 0.347. The highest BCUT2D eigenvalue weighted by atomic mass is 16.5. The van der Waals surface area contributed by atoms with Crippen molar-refractivity contribution in [1.82, 2.24) is 0 Å². The van der Waals surface area contributed by atoms with Crippen molar-refractivity contribution in [2.75, 3.05) is 14.2 Å². The third-order valence-corrected chi connectivity index (χ3v) is 2.94. The molecule has 0 amide bonds. The molecule has 96 valence electrons. The molecule has 1 atom stereocenters. The minimum absolute atomic E-state index is 0.0773. The number of nitrogens with two attached hydrogens (primary N) is 1. The highest BCUT2D eigenvalue weighted by molar-refractivity contribution is 5.49. The van der Waals surface area contributed by atoms with Crippen LogP contribution in [-0.4, -0.2) is 20.3 Å². The summed E-state index contributed by atoms with van der Waals surface area (Å²) < 4.78 is 10.9. The largest absolute Gasteiger partial charge is 0.496 e. The zero-order valence-electron chi connectivity index (χ0n) is 11.4. The molecule has 3 nitrogen and oxygen atoms in total. The molecule has 0 fully saturated rings. The average Bonchev–Trinajstić information content (AvgIpc) is 2.26. The number of hydrogen-bond acceptors (Lipinski definition) is 3. The number of benzene rings is 1. The summed E-state index contributed by atoms with van der Waals surface area (Å²) in [5, 5.41) is 0. The van der Waals surface area contributed by atoms with Gasteiger partial charge in [0, 0.05) is 11.6 Å². The molecule has 0 aliphatic heterocycles. The highest BCUT2D eigenvalue weighted by Crippen LogP contribution is 2.41. The van der Waals surface area contributed by atoms with Crippen LogP contribution in [-0.2, 0) is 5.41 Å². The summed E-state index contributed by atoms with van der Waals surface area (Å²) in [5.74, 6) is 1.71. The Morgan fingerprint density at radius 3 is 2.00 bits per heavy atom. The first kappa shape index (κ1) is 13.8. The third kappa shape index (κ3) is 3.13. The van der Waals surface area contributed by atoms with Gasteiger partial charge in [0.25, 0.3) is 0 Å².